The smallest absolute Gasteiger partial charge is 0.201 e. The largest absolute Gasteiger partial charge is 0.213 e. The molecule has 0 radical (unpaired) electrons. The summed E-state index contributed by atoms with van der Waals surface area (Å²) in [5.41, 5.74) is 2.62. The van der Waals surface area contributed by atoms with E-state index in [9.17, 15) is 0 Å². The number of fused-ring (bicyclic) bond motifs is 2. The van der Waals surface area contributed by atoms with Crippen LogP contribution < -0.4 is 4.57 Å². The van der Waals surface area contributed by atoms with E-state index in [1.807, 2.05) is 0 Å². The molecule has 2 aromatic carbocycles. The van der Waals surface area contributed by atoms with Crippen molar-refractivity contribution in [3.05, 3.63) is 54.2 Å². The Morgan fingerprint density at radius 2 is 1.62 bits per heavy atom. The van der Waals surface area contributed by atoms with Crippen LogP contribution in [0.4, 0.5) is 0 Å². The van der Waals surface area contributed by atoms with Gasteiger partial charge in [-0.15, -0.1) is 0 Å². The molecule has 0 amide bonds. The van der Waals surface area contributed by atoms with Gasteiger partial charge in [-0.05, 0) is 29.3 Å². The summed E-state index contributed by atoms with van der Waals surface area (Å²) in [6.45, 7) is 2.16. The van der Waals surface area contributed by atoms with Crippen LogP contribution in [0.5, 0.6) is 0 Å². The van der Waals surface area contributed by atoms with Gasteiger partial charge in [0.25, 0.3) is 0 Å². The minimum absolute atomic E-state index is 1.29. The monoisotopic (exact) mass is 208 g/mol. The lowest BCUT2D eigenvalue weighted by Gasteiger charge is -2.03. The predicted molar refractivity (Wildman–Crippen MR) is 67.4 cm³/mol. The van der Waals surface area contributed by atoms with E-state index in [0.29, 0.717) is 0 Å². The SMILES string of the molecule is Cc1cc[n+](C)c2cc3ccccc3cc12. The summed E-state index contributed by atoms with van der Waals surface area (Å²) in [6.07, 6.45) is 2.12. The molecule has 0 aliphatic carbocycles. The van der Waals surface area contributed by atoms with Crippen LogP contribution in [0.1, 0.15) is 5.56 Å². The summed E-state index contributed by atoms with van der Waals surface area (Å²) in [6, 6.07) is 15.2. The molecular formula is C15H14N+. The van der Waals surface area contributed by atoms with Crippen LogP contribution in [0.2, 0.25) is 0 Å². The van der Waals surface area contributed by atoms with Gasteiger partial charge in [0.15, 0.2) is 6.20 Å². The van der Waals surface area contributed by atoms with Crippen LogP contribution in [-0.2, 0) is 7.05 Å². The normalized spacial score (nSPS) is 11.1. The second kappa shape index (κ2) is 3.31. The quantitative estimate of drug-likeness (QED) is 0.395. The molecule has 0 aliphatic heterocycles. The van der Waals surface area contributed by atoms with Crippen LogP contribution in [0, 0.1) is 6.92 Å². The molecule has 1 nitrogen and oxygen atoms in total. The van der Waals surface area contributed by atoms with Crippen molar-refractivity contribution in [3.8, 4) is 0 Å². The summed E-state index contributed by atoms with van der Waals surface area (Å²) in [5, 5.41) is 3.95. The molecule has 0 spiro atoms. The zero-order valence-electron chi connectivity index (χ0n) is 9.57. The van der Waals surface area contributed by atoms with Gasteiger partial charge in [0.05, 0.1) is 0 Å². The summed E-state index contributed by atoms with van der Waals surface area (Å²) in [7, 11) is 2.09. The zero-order valence-corrected chi connectivity index (χ0v) is 9.57. The maximum absolute atomic E-state index is 2.28. The Hall–Kier alpha value is -1.89. The highest BCUT2D eigenvalue weighted by molar-refractivity contribution is 5.96. The second-order valence-corrected chi connectivity index (χ2v) is 4.33. The highest BCUT2D eigenvalue weighted by atomic mass is 14.9. The highest BCUT2D eigenvalue weighted by Crippen LogP contribution is 2.22. The Morgan fingerprint density at radius 3 is 2.38 bits per heavy atom. The van der Waals surface area contributed by atoms with Gasteiger partial charge in [-0.3, -0.25) is 0 Å². The summed E-state index contributed by atoms with van der Waals surface area (Å²) >= 11 is 0. The van der Waals surface area contributed by atoms with Crippen LogP contribution in [-0.4, -0.2) is 0 Å². The molecule has 0 N–H and O–H groups in total. The summed E-state index contributed by atoms with van der Waals surface area (Å²) < 4.78 is 2.18. The molecule has 0 saturated carbocycles. The van der Waals surface area contributed by atoms with Crippen molar-refractivity contribution >= 4 is 21.7 Å². The summed E-state index contributed by atoms with van der Waals surface area (Å²) in [5.74, 6) is 0. The van der Waals surface area contributed by atoms with E-state index in [0.717, 1.165) is 0 Å². The van der Waals surface area contributed by atoms with E-state index >= 15 is 0 Å². The van der Waals surface area contributed by atoms with Gasteiger partial charge in [0.2, 0.25) is 5.52 Å². The molecular weight excluding hydrogens is 194 g/mol. The van der Waals surface area contributed by atoms with Crippen molar-refractivity contribution in [1.82, 2.24) is 0 Å². The van der Waals surface area contributed by atoms with E-state index < -0.39 is 0 Å². The zero-order chi connectivity index (χ0) is 11.1. The van der Waals surface area contributed by atoms with Crippen LogP contribution in [0.15, 0.2) is 48.7 Å². The number of aromatic nitrogens is 1. The summed E-state index contributed by atoms with van der Waals surface area (Å²) in [4.78, 5) is 0. The van der Waals surface area contributed by atoms with Crippen LogP contribution >= 0.6 is 0 Å². The lowest BCUT2D eigenvalue weighted by atomic mass is 10.0. The van der Waals surface area contributed by atoms with Crippen molar-refractivity contribution in [1.29, 1.82) is 0 Å². The van der Waals surface area contributed by atoms with Gasteiger partial charge in [-0.1, -0.05) is 24.3 Å². The average Bonchev–Trinajstić information content (AvgIpc) is 2.32. The molecule has 3 rings (SSSR count). The third-order valence-corrected chi connectivity index (χ3v) is 3.22. The van der Waals surface area contributed by atoms with E-state index in [2.05, 4.69) is 67.2 Å². The van der Waals surface area contributed by atoms with Crippen molar-refractivity contribution in [3.63, 3.8) is 0 Å². The first-order valence-corrected chi connectivity index (χ1v) is 5.53. The first-order chi connectivity index (χ1) is 7.75. The minimum atomic E-state index is 1.29. The number of hydrogen-bond acceptors (Lipinski definition) is 0. The topological polar surface area (TPSA) is 3.88 Å². The number of rotatable bonds is 0. The Kier molecular flexibility index (Phi) is 1.93. The Balaban J connectivity index is 2.56. The van der Waals surface area contributed by atoms with Crippen molar-refractivity contribution in [2.75, 3.05) is 0 Å². The van der Waals surface area contributed by atoms with Gasteiger partial charge >= 0.3 is 0 Å². The number of aryl methyl sites for hydroxylation is 2. The minimum Gasteiger partial charge on any atom is -0.201 e. The van der Waals surface area contributed by atoms with Gasteiger partial charge in [-0.2, -0.15) is 0 Å². The molecule has 0 bridgehead atoms. The predicted octanol–water partition coefficient (Wildman–Crippen LogP) is 3.13. The van der Waals surface area contributed by atoms with Gasteiger partial charge in [-0.25, -0.2) is 4.57 Å². The lowest BCUT2D eigenvalue weighted by Crippen LogP contribution is -2.28. The van der Waals surface area contributed by atoms with Crippen molar-refractivity contribution < 1.29 is 4.57 Å². The Bertz CT molecular complexity index is 623. The average molecular weight is 208 g/mol. The van der Waals surface area contributed by atoms with Crippen molar-refractivity contribution in [2.24, 2.45) is 7.05 Å². The van der Waals surface area contributed by atoms with E-state index in [4.69, 9.17) is 0 Å². The number of pyridine rings is 1. The molecule has 16 heavy (non-hydrogen) atoms. The Labute approximate surface area is 95.0 Å². The fourth-order valence-electron chi connectivity index (χ4n) is 2.23. The Morgan fingerprint density at radius 1 is 0.938 bits per heavy atom. The number of nitrogens with zero attached hydrogens (tertiary/aromatic N) is 1. The molecule has 0 unspecified atom stereocenters. The number of benzene rings is 2. The first-order valence-electron chi connectivity index (χ1n) is 5.53. The van der Waals surface area contributed by atoms with E-state index in [1.165, 1.54) is 27.2 Å². The molecule has 0 fully saturated rings. The third kappa shape index (κ3) is 1.28. The van der Waals surface area contributed by atoms with Gasteiger partial charge < -0.3 is 0 Å². The van der Waals surface area contributed by atoms with Crippen LogP contribution in [0.3, 0.4) is 0 Å². The van der Waals surface area contributed by atoms with Gasteiger partial charge in [0, 0.05) is 17.5 Å². The van der Waals surface area contributed by atoms with Crippen LogP contribution in [0.25, 0.3) is 21.7 Å². The van der Waals surface area contributed by atoms with Crippen molar-refractivity contribution in [2.45, 2.75) is 6.92 Å². The third-order valence-electron chi connectivity index (χ3n) is 3.22. The molecule has 0 aliphatic rings. The van der Waals surface area contributed by atoms with E-state index in [-0.39, 0.29) is 0 Å². The fourth-order valence-corrected chi connectivity index (χ4v) is 2.23. The fraction of sp³-hybridized carbons (Fsp3) is 0.133. The molecule has 1 aromatic heterocycles. The lowest BCUT2D eigenvalue weighted by molar-refractivity contribution is -0.644. The highest BCUT2D eigenvalue weighted by Gasteiger charge is 2.08. The maximum Gasteiger partial charge on any atom is 0.213 e. The first kappa shape index (κ1) is 9.34. The standard InChI is InChI=1S/C15H14N/c1-11-7-8-16(2)15-10-13-6-4-3-5-12(13)9-14(11)15/h3-10H,1-2H3/q+1. The van der Waals surface area contributed by atoms with E-state index in [1.54, 1.807) is 0 Å². The molecule has 1 heteroatoms. The molecule has 78 valence electrons. The molecule has 0 saturated heterocycles. The maximum atomic E-state index is 2.28. The second-order valence-electron chi connectivity index (χ2n) is 4.33. The van der Waals surface area contributed by atoms with Gasteiger partial charge in [0.1, 0.15) is 7.05 Å². The molecule has 0 atom stereocenters. The molecule has 3 aromatic rings. The molecule has 1 heterocycles. The number of hydrogen-bond donors (Lipinski definition) is 0.